The van der Waals surface area contributed by atoms with Crippen LogP contribution in [0.1, 0.15) is 81.0 Å². The number of methoxy groups -OCH3 is 1. The van der Waals surface area contributed by atoms with Gasteiger partial charge in [-0.1, -0.05) is 0 Å². The third-order valence-electron chi connectivity index (χ3n) is 6.96. The van der Waals surface area contributed by atoms with Gasteiger partial charge in [-0.25, -0.2) is 14.2 Å². The molecule has 10 heteroatoms. The molecule has 1 aromatic heterocycles. The van der Waals surface area contributed by atoms with E-state index in [4.69, 9.17) is 14.2 Å². The fraction of sp³-hybridized carbons (Fsp3) is 0.424. The second-order valence-corrected chi connectivity index (χ2v) is 11.9. The molecule has 0 spiro atoms. The molecular formula is C33H39FN2O7. The van der Waals surface area contributed by atoms with E-state index in [1.54, 1.807) is 70.2 Å². The molecule has 4 rings (SSSR count). The number of ketones is 1. The van der Waals surface area contributed by atoms with Crippen LogP contribution in [0.5, 0.6) is 11.5 Å². The normalized spacial score (nSPS) is 15.3. The summed E-state index contributed by atoms with van der Waals surface area (Å²) in [6.45, 7) is 6.26. The van der Waals surface area contributed by atoms with Crippen molar-refractivity contribution in [2.75, 3.05) is 13.7 Å². The van der Waals surface area contributed by atoms with Gasteiger partial charge in [0.05, 0.1) is 37.3 Å². The topological polar surface area (TPSA) is 127 Å². The van der Waals surface area contributed by atoms with E-state index < -0.39 is 35.8 Å². The number of aromatic nitrogens is 1. The number of rotatable bonds is 12. The van der Waals surface area contributed by atoms with E-state index in [1.807, 2.05) is 0 Å². The molecule has 3 N–H and O–H groups in total. The van der Waals surface area contributed by atoms with Crippen molar-refractivity contribution < 1.29 is 38.4 Å². The van der Waals surface area contributed by atoms with Crippen molar-refractivity contribution in [2.24, 2.45) is 0 Å². The minimum absolute atomic E-state index is 0.00361. The second-order valence-electron chi connectivity index (χ2n) is 11.9. The second kappa shape index (κ2) is 13.1. The van der Waals surface area contributed by atoms with Crippen LogP contribution in [-0.2, 0) is 10.3 Å². The first-order valence-corrected chi connectivity index (χ1v) is 14.3. The first-order valence-electron chi connectivity index (χ1n) is 14.3. The lowest BCUT2D eigenvalue weighted by atomic mass is 9.90. The van der Waals surface area contributed by atoms with Gasteiger partial charge in [-0.05, 0) is 107 Å². The van der Waals surface area contributed by atoms with Crippen LogP contribution in [0.15, 0.2) is 54.6 Å². The largest absolute Gasteiger partial charge is 0.493 e. The van der Waals surface area contributed by atoms with Crippen LogP contribution < -0.4 is 14.8 Å². The van der Waals surface area contributed by atoms with Crippen molar-refractivity contribution >= 4 is 11.9 Å². The van der Waals surface area contributed by atoms with Crippen molar-refractivity contribution in [3.05, 3.63) is 77.2 Å². The number of benzene rings is 2. The van der Waals surface area contributed by atoms with Gasteiger partial charge in [0, 0.05) is 17.5 Å². The molecule has 230 valence electrons. The Bertz CT molecular complexity index is 1450. The lowest BCUT2D eigenvalue weighted by Crippen LogP contribution is -2.36. The van der Waals surface area contributed by atoms with Crippen LogP contribution in [0.2, 0.25) is 0 Å². The summed E-state index contributed by atoms with van der Waals surface area (Å²) < 4.78 is 30.3. The summed E-state index contributed by atoms with van der Waals surface area (Å²) in [7, 11) is 1.52. The molecule has 0 aliphatic heterocycles. The monoisotopic (exact) mass is 594 g/mol. The number of hydrogen-bond donors (Lipinski definition) is 3. The van der Waals surface area contributed by atoms with Crippen LogP contribution in [0.25, 0.3) is 11.3 Å². The highest BCUT2D eigenvalue weighted by Crippen LogP contribution is 2.35. The summed E-state index contributed by atoms with van der Waals surface area (Å²) in [6.07, 6.45) is 1.46. The molecule has 3 aromatic rings. The molecule has 1 fully saturated rings. The molecule has 0 bridgehead atoms. The van der Waals surface area contributed by atoms with E-state index >= 15 is 0 Å². The van der Waals surface area contributed by atoms with Crippen molar-refractivity contribution in [3.8, 4) is 22.8 Å². The minimum Gasteiger partial charge on any atom is -0.493 e. The Kier molecular flexibility index (Phi) is 9.72. The standard InChI is InChI=1S/C33H39FN2O7/c1-32(2,3)43-31(39)36-26(19-37)22-16-25(20-6-9-23(34)10-7-20)35-30(18-22)33(4,40)15-14-27(38)21-8-13-28(29(17-21)41-5)42-24-11-12-24/h6-10,13,16-18,24,26,37,40H,11-12,14-15,19H2,1-5H3,(H,36,39). The minimum atomic E-state index is -1.58. The molecule has 1 saturated carbocycles. The number of Topliss-reactive ketones (excluding diaryl/α,β-unsaturated/α-hetero) is 1. The van der Waals surface area contributed by atoms with Gasteiger partial charge < -0.3 is 29.7 Å². The van der Waals surface area contributed by atoms with Gasteiger partial charge in [0.1, 0.15) is 17.0 Å². The number of amides is 1. The summed E-state index contributed by atoms with van der Waals surface area (Å²) in [6, 6.07) is 13.0. The lowest BCUT2D eigenvalue weighted by Gasteiger charge is -2.26. The zero-order valence-corrected chi connectivity index (χ0v) is 25.1. The molecule has 43 heavy (non-hydrogen) atoms. The van der Waals surface area contributed by atoms with E-state index in [2.05, 4.69) is 10.3 Å². The van der Waals surface area contributed by atoms with Gasteiger partial charge >= 0.3 is 6.09 Å². The van der Waals surface area contributed by atoms with Gasteiger partial charge in [-0.3, -0.25) is 4.79 Å². The van der Waals surface area contributed by atoms with Crippen LogP contribution >= 0.6 is 0 Å². The number of alkyl carbamates (subject to hydrolysis) is 1. The number of halogens is 1. The molecule has 1 heterocycles. The average Bonchev–Trinajstić information content (AvgIpc) is 3.78. The van der Waals surface area contributed by atoms with Gasteiger partial charge in [-0.2, -0.15) is 0 Å². The first-order chi connectivity index (χ1) is 20.3. The van der Waals surface area contributed by atoms with Crippen LogP contribution in [0, 0.1) is 5.82 Å². The zero-order valence-electron chi connectivity index (χ0n) is 25.1. The average molecular weight is 595 g/mol. The molecule has 2 unspecified atom stereocenters. The van der Waals surface area contributed by atoms with E-state index in [9.17, 15) is 24.2 Å². The fourth-order valence-electron chi connectivity index (χ4n) is 4.41. The Balaban J connectivity index is 1.59. The summed E-state index contributed by atoms with van der Waals surface area (Å²) in [5.74, 6) is 0.428. The highest BCUT2D eigenvalue weighted by molar-refractivity contribution is 5.96. The fourth-order valence-corrected chi connectivity index (χ4v) is 4.41. The summed E-state index contributed by atoms with van der Waals surface area (Å²) in [5, 5.41) is 24.4. The Hall–Kier alpha value is -4.02. The Morgan fingerprint density at radius 2 is 1.74 bits per heavy atom. The molecule has 0 saturated heterocycles. The van der Waals surface area contributed by atoms with Crippen LogP contribution in [0.4, 0.5) is 9.18 Å². The number of aliphatic hydroxyl groups excluding tert-OH is 1. The highest BCUT2D eigenvalue weighted by Gasteiger charge is 2.30. The number of carbonyl (C=O) groups excluding carboxylic acids is 2. The number of ether oxygens (including phenoxy) is 3. The molecule has 1 aliphatic carbocycles. The number of nitrogens with zero attached hydrogens (tertiary/aromatic N) is 1. The Labute approximate surface area is 251 Å². The first kappa shape index (κ1) is 31.9. The smallest absolute Gasteiger partial charge is 0.408 e. The van der Waals surface area contributed by atoms with E-state index in [-0.39, 0.29) is 30.4 Å². The maximum Gasteiger partial charge on any atom is 0.408 e. The van der Waals surface area contributed by atoms with Gasteiger partial charge in [0.25, 0.3) is 0 Å². The zero-order chi connectivity index (χ0) is 31.4. The Morgan fingerprint density at radius 1 is 1.05 bits per heavy atom. The van der Waals surface area contributed by atoms with Crippen molar-refractivity contribution in [2.45, 2.75) is 76.7 Å². The van der Waals surface area contributed by atoms with E-state index in [1.165, 1.54) is 19.2 Å². The molecule has 2 atom stereocenters. The van der Waals surface area contributed by atoms with Crippen molar-refractivity contribution in [1.82, 2.24) is 10.3 Å². The van der Waals surface area contributed by atoms with Crippen molar-refractivity contribution in [1.29, 1.82) is 0 Å². The molecule has 1 amide bonds. The summed E-state index contributed by atoms with van der Waals surface area (Å²) in [5.41, 5.74) is -0.298. The summed E-state index contributed by atoms with van der Waals surface area (Å²) in [4.78, 5) is 30.3. The van der Waals surface area contributed by atoms with Gasteiger partial charge in [0.15, 0.2) is 17.3 Å². The number of pyridine rings is 1. The number of hydrogen-bond acceptors (Lipinski definition) is 8. The summed E-state index contributed by atoms with van der Waals surface area (Å²) >= 11 is 0. The molecular weight excluding hydrogens is 555 g/mol. The quantitative estimate of drug-likeness (QED) is 0.222. The maximum atomic E-state index is 13.7. The third kappa shape index (κ3) is 8.75. The number of nitrogens with one attached hydrogen (secondary N) is 1. The van der Waals surface area contributed by atoms with Crippen LogP contribution in [0.3, 0.4) is 0 Å². The Morgan fingerprint density at radius 3 is 2.35 bits per heavy atom. The molecule has 1 aliphatic rings. The van der Waals surface area contributed by atoms with E-state index in [0.717, 1.165) is 12.8 Å². The highest BCUT2D eigenvalue weighted by atomic mass is 19.1. The predicted molar refractivity (Wildman–Crippen MR) is 159 cm³/mol. The van der Waals surface area contributed by atoms with E-state index in [0.29, 0.717) is 33.9 Å². The predicted octanol–water partition coefficient (Wildman–Crippen LogP) is 5.87. The van der Waals surface area contributed by atoms with Gasteiger partial charge in [0.2, 0.25) is 0 Å². The van der Waals surface area contributed by atoms with Crippen molar-refractivity contribution in [3.63, 3.8) is 0 Å². The lowest BCUT2D eigenvalue weighted by molar-refractivity contribution is 0.0395. The maximum absolute atomic E-state index is 13.7. The number of aliphatic hydroxyl groups is 2. The molecule has 9 nitrogen and oxygen atoms in total. The SMILES string of the molecule is COc1cc(C(=O)CCC(C)(O)c2cc(C(CO)NC(=O)OC(C)(C)C)cc(-c3ccc(F)cc3)n2)ccc1OC1CC1. The number of carbonyl (C=O) groups is 2. The molecule has 0 radical (unpaired) electrons. The third-order valence-corrected chi connectivity index (χ3v) is 6.96. The van der Waals surface area contributed by atoms with Crippen LogP contribution in [-0.4, -0.2) is 52.5 Å². The van der Waals surface area contributed by atoms with Gasteiger partial charge in [-0.15, -0.1) is 0 Å². The molecule has 2 aromatic carbocycles.